The van der Waals surface area contributed by atoms with Crippen LogP contribution >= 0.6 is 15.9 Å². The summed E-state index contributed by atoms with van der Waals surface area (Å²) in [6, 6.07) is 21.8. The first-order valence-corrected chi connectivity index (χ1v) is 21.0. The van der Waals surface area contributed by atoms with E-state index in [1.807, 2.05) is 24.3 Å². The normalized spacial score (nSPS) is 16.1. The molecule has 0 spiro atoms. The van der Waals surface area contributed by atoms with Gasteiger partial charge in [0, 0.05) is 17.5 Å². The monoisotopic (exact) mass is 838 g/mol. The number of Topliss-reactive ketones (excluding diaryl/α,β-unsaturated/α-hetero) is 1. The van der Waals surface area contributed by atoms with Gasteiger partial charge in [0.25, 0.3) is 0 Å². The topological polar surface area (TPSA) is 129 Å². The quantitative estimate of drug-likeness (QED) is 0.106. The molecular formula is C47H51BrO9. The average molecular weight is 840 g/mol. The summed E-state index contributed by atoms with van der Waals surface area (Å²) < 4.78 is 20.6. The van der Waals surface area contributed by atoms with E-state index in [-0.39, 0.29) is 17.7 Å². The van der Waals surface area contributed by atoms with E-state index in [1.165, 1.54) is 52.7 Å². The van der Waals surface area contributed by atoms with Crippen LogP contribution in [0.15, 0.2) is 72.8 Å². The number of ketones is 1. The fourth-order valence-electron chi connectivity index (χ4n) is 8.03. The number of benzene rings is 4. The third kappa shape index (κ3) is 10.5. The number of rotatable bonds is 7. The Labute approximate surface area is 343 Å². The molecule has 4 aromatic rings. The van der Waals surface area contributed by atoms with Gasteiger partial charge in [-0.05, 0) is 126 Å². The number of aromatic hydroxyl groups is 2. The number of hydrogen-bond acceptors (Lipinski definition) is 9. The predicted octanol–water partition coefficient (Wildman–Crippen LogP) is 10.6. The van der Waals surface area contributed by atoms with Gasteiger partial charge < -0.3 is 29.2 Å². The van der Waals surface area contributed by atoms with E-state index in [0.717, 1.165) is 71.2 Å². The van der Waals surface area contributed by atoms with Crippen LogP contribution in [-0.2, 0) is 15.9 Å². The molecular weight excluding hydrogens is 788 g/mol. The Kier molecular flexibility index (Phi) is 14.5. The average Bonchev–Trinajstić information content (AvgIpc) is 3.75. The third-order valence-corrected chi connectivity index (χ3v) is 11.7. The third-order valence-electron chi connectivity index (χ3n) is 11.2. The summed E-state index contributed by atoms with van der Waals surface area (Å²) in [6.45, 7) is 1.15. The summed E-state index contributed by atoms with van der Waals surface area (Å²) in [5.74, 6) is 2.47. The summed E-state index contributed by atoms with van der Waals surface area (Å²) in [5.41, 5.74) is 7.99. The molecule has 0 atom stereocenters. The van der Waals surface area contributed by atoms with E-state index in [1.54, 1.807) is 42.5 Å². The molecule has 0 aromatic heterocycles. The molecule has 9 nitrogen and oxygen atoms in total. The van der Waals surface area contributed by atoms with E-state index >= 15 is 0 Å². The molecule has 57 heavy (non-hydrogen) atoms. The Morgan fingerprint density at radius 2 is 1.23 bits per heavy atom. The van der Waals surface area contributed by atoms with E-state index < -0.39 is 0 Å². The Morgan fingerprint density at radius 1 is 0.667 bits per heavy atom. The zero-order chi connectivity index (χ0) is 40.3. The van der Waals surface area contributed by atoms with Crippen LogP contribution in [0, 0.1) is 0 Å². The molecule has 2 heterocycles. The van der Waals surface area contributed by atoms with Crippen molar-refractivity contribution in [2.75, 3.05) is 32.8 Å². The standard InChI is InChI=1S/C23H24O4.C14H17BrO2.C10H10O3/c1-26-23(25)18-8-7-17-11-19(14-27-22(17)13-18)16-9-10-21(24)20(12-16)15-5-3-2-4-6-15;15-9-14(17)11-6-7-13(16)12(8-11)10-4-2-1-3-5-10;1-12-10(11)8-3-2-7-4-5-13-9(7)6-8/h7-13,15,24H,2-6,14H2,1H3;6-8,10,16H,1-5,9H2;2-3,6H,4-5H2,1H3. The Balaban J connectivity index is 0.000000157. The molecule has 8 rings (SSSR count). The molecule has 0 unspecified atom stereocenters. The number of fused-ring (bicyclic) bond motifs is 2. The molecule has 300 valence electrons. The Morgan fingerprint density at radius 3 is 1.84 bits per heavy atom. The van der Waals surface area contributed by atoms with E-state index in [4.69, 9.17) is 14.2 Å². The maximum atomic E-state index is 11.7. The molecule has 0 saturated heterocycles. The van der Waals surface area contributed by atoms with Crippen molar-refractivity contribution in [2.24, 2.45) is 0 Å². The fraction of sp³-hybridized carbons (Fsp3) is 0.383. The first-order valence-electron chi connectivity index (χ1n) is 19.8. The number of ether oxygens (including phenoxy) is 4. The van der Waals surface area contributed by atoms with Gasteiger partial charge in [-0.1, -0.05) is 72.7 Å². The van der Waals surface area contributed by atoms with Crippen molar-refractivity contribution in [3.05, 3.63) is 117 Å². The highest BCUT2D eigenvalue weighted by molar-refractivity contribution is 9.09. The second-order valence-electron chi connectivity index (χ2n) is 14.9. The van der Waals surface area contributed by atoms with Crippen molar-refractivity contribution in [3.63, 3.8) is 0 Å². The molecule has 2 saturated carbocycles. The van der Waals surface area contributed by atoms with Crippen LogP contribution < -0.4 is 9.47 Å². The molecule has 0 radical (unpaired) electrons. The second kappa shape index (κ2) is 19.9. The van der Waals surface area contributed by atoms with Gasteiger partial charge in [0.1, 0.15) is 29.6 Å². The summed E-state index contributed by atoms with van der Waals surface area (Å²) >= 11 is 3.18. The number of hydrogen-bond donors (Lipinski definition) is 2. The number of carbonyl (C=O) groups is 3. The molecule has 2 aliphatic heterocycles. The lowest BCUT2D eigenvalue weighted by molar-refractivity contribution is 0.0591. The van der Waals surface area contributed by atoms with Crippen molar-refractivity contribution >= 4 is 45.3 Å². The summed E-state index contributed by atoms with van der Waals surface area (Å²) in [7, 11) is 2.74. The number of phenolic OH excluding ortho intramolecular Hbond substituents is 2. The number of esters is 2. The van der Waals surface area contributed by atoms with Crippen LogP contribution in [0.3, 0.4) is 0 Å². The zero-order valence-corrected chi connectivity index (χ0v) is 34.3. The number of alkyl halides is 1. The molecule has 2 fully saturated rings. The van der Waals surface area contributed by atoms with Gasteiger partial charge in [-0.2, -0.15) is 0 Å². The minimum atomic E-state index is -0.369. The predicted molar refractivity (Wildman–Crippen MR) is 224 cm³/mol. The van der Waals surface area contributed by atoms with Gasteiger partial charge in [-0.3, -0.25) is 4.79 Å². The fourth-order valence-corrected chi connectivity index (χ4v) is 8.35. The second-order valence-corrected chi connectivity index (χ2v) is 15.4. The lowest BCUT2D eigenvalue weighted by atomic mass is 9.82. The number of halogens is 1. The number of methoxy groups -OCH3 is 2. The highest BCUT2D eigenvalue weighted by Gasteiger charge is 2.22. The molecule has 4 aromatic carbocycles. The van der Waals surface area contributed by atoms with Crippen LogP contribution in [0.1, 0.15) is 135 Å². The van der Waals surface area contributed by atoms with Gasteiger partial charge in [0.05, 0.1) is 37.3 Å². The Hall–Kier alpha value is -5.09. The van der Waals surface area contributed by atoms with Crippen LogP contribution in [0.2, 0.25) is 0 Å². The van der Waals surface area contributed by atoms with Crippen molar-refractivity contribution < 1.29 is 43.5 Å². The number of carbonyl (C=O) groups excluding carboxylic acids is 3. The van der Waals surface area contributed by atoms with Crippen molar-refractivity contribution in [1.29, 1.82) is 0 Å². The molecule has 4 aliphatic rings. The molecule has 0 amide bonds. The summed E-state index contributed by atoms with van der Waals surface area (Å²) in [5, 5.41) is 20.6. The summed E-state index contributed by atoms with van der Waals surface area (Å²) in [6.07, 6.45) is 15.1. The van der Waals surface area contributed by atoms with Crippen LogP contribution in [-0.4, -0.2) is 60.7 Å². The first kappa shape index (κ1) is 41.5. The van der Waals surface area contributed by atoms with Crippen molar-refractivity contribution in [3.8, 4) is 23.0 Å². The van der Waals surface area contributed by atoms with Crippen molar-refractivity contribution in [2.45, 2.75) is 82.5 Å². The summed E-state index contributed by atoms with van der Waals surface area (Å²) in [4.78, 5) is 34.5. The zero-order valence-electron chi connectivity index (χ0n) is 32.7. The molecule has 2 N–H and O–H groups in total. The van der Waals surface area contributed by atoms with Gasteiger partial charge in [-0.15, -0.1) is 0 Å². The largest absolute Gasteiger partial charge is 0.508 e. The minimum absolute atomic E-state index is 0.0714. The highest BCUT2D eigenvalue weighted by atomic mass is 79.9. The highest BCUT2D eigenvalue weighted by Crippen LogP contribution is 2.40. The number of phenols is 2. The maximum absolute atomic E-state index is 11.7. The van der Waals surface area contributed by atoms with Crippen LogP contribution in [0.25, 0.3) is 11.6 Å². The van der Waals surface area contributed by atoms with Crippen molar-refractivity contribution in [1.82, 2.24) is 0 Å². The van der Waals surface area contributed by atoms with E-state index in [2.05, 4.69) is 32.8 Å². The van der Waals surface area contributed by atoms with Gasteiger partial charge in [0.2, 0.25) is 0 Å². The molecule has 10 heteroatoms. The van der Waals surface area contributed by atoms with Gasteiger partial charge in [0.15, 0.2) is 5.78 Å². The SMILES string of the molecule is COC(=O)c1ccc2c(c1)OCC(c1ccc(O)c(C3CCCCC3)c1)=C2.COC(=O)c1ccc2c(c1)OCC2.O=C(CBr)c1ccc(O)c(C2CCCCC2)c1. The van der Waals surface area contributed by atoms with Crippen LogP contribution in [0.4, 0.5) is 0 Å². The molecule has 2 aliphatic carbocycles. The lowest BCUT2D eigenvalue weighted by Crippen LogP contribution is -2.10. The lowest BCUT2D eigenvalue weighted by Gasteiger charge is -2.24. The van der Waals surface area contributed by atoms with Crippen LogP contribution in [0.5, 0.6) is 23.0 Å². The first-order chi connectivity index (χ1) is 27.7. The van der Waals surface area contributed by atoms with Gasteiger partial charge in [-0.25, -0.2) is 9.59 Å². The van der Waals surface area contributed by atoms with Gasteiger partial charge >= 0.3 is 11.9 Å². The minimum Gasteiger partial charge on any atom is -0.508 e. The molecule has 0 bridgehead atoms. The smallest absolute Gasteiger partial charge is 0.337 e. The van der Waals surface area contributed by atoms with E-state index in [0.29, 0.717) is 64.3 Å². The Bertz CT molecular complexity index is 2090. The maximum Gasteiger partial charge on any atom is 0.337 e. The van der Waals surface area contributed by atoms with E-state index in [9.17, 15) is 24.6 Å².